The number of hydrogen-bond donors (Lipinski definition) is 2. The molecule has 2 unspecified atom stereocenters. The second-order valence-corrected chi connectivity index (χ2v) is 6.99. The highest BCUT2D eigenvalue weighted by Crippen LogP contribution is 2.35. The molecular weight excluding hydrogens is 230 g/mol. The summed E-state index contributed by atoms with van der Waals surface area (Å²) in [7, 11) is -3.04. The lowest BCUT2D eigenvalue weighted by atomic mass is 9.81. The second kappa shape index (κ2) is 4.00. The van der Waals surface area contributed by atoms with Gasteiger partial charge in [-0.1, -0.05) is 0 Å². The van der Waals surface area contributed by atoms with Crippen molar-refractivity contribution in [3.05, 3.63) is 0 Å². The summed E-state index contributed by atoms with van der Waals surface area (Å²) in [5.41, 5.74) is -0.993. The van der Waals surface area contributed by atoms with Gasteiger partial charge in [0.1, 0.15) is 5.54 Å². The molecule has 2 aliphatic heterocycles. The molecule has 0 bridgehead atoms. The van der Waals surface area contributed by atoms with E-state index in [1.54, 1.807) is 0 Å². The van der Waals surface area contributed by atoms with Gasteiger partial charge in [0.05, 0.1) is 11.5 Å². The Morgan fingerprint density at radius 2 is 2.12 bits per heavy atom. The molecule has 2 heterocycles. The lowest BCUT2D eigenvalue weighted by Gasteiger charge is -2.36. The number of nitrogens with one attached hydrogen (secondary N) is 1. The van der Waals surface area contributed by atoms with Crippen molar-refractivity contribution in [3.63, 3.8) is 0 Å². The number of rotatable bonds is 2. The van der Waals surface area contributed by atoms with E-state index in [2.05, 4.69) is 5.32 Å². The van der Waals surface area contributed by atoms with E-state index in [1.165, 1.54) is 0 Å². The van der Waals surface area contributed by atoms with Gasteiger partial charge in [0.25, 0.3) is 0 Å². The van der Waals surface area contributed by atoms with Crippen LogP contribution in [-0.4, -0.2) is 43.1 Å². The maximum absolute atomic E-state index is 11.6. The lowest BCUT2D eigenvalue weighted by Crippen LogP contribution is -2.56. The predicted molar refractivity (Wildman–Crippen MR) is 59.0 cm³/mol. The number of carboxylic acids is 1. The van der Waals surface area contributed by atoms with Crippen molar-refractivity contribution in [3.8, 4) is 0 Å². The summed E-state index contributed by atoms with van der Waals surface area (Å²) in [6, 6.07) is 0. The molecule has 0 saturated carbocycles. The van der Waals surface area contributed by atoms with E-state index in [9.17, 15) is 18.3 Å². The van der Waals surface area contributed by atoms with Gasteiger partial charge in [-0.05, 0) is 32.2 Å². The third-order valence-corrected chi connectivity index (χ3v) is 5.55. The maximum Gasteiger partial charge on any atom is 0.324 e. The molecule has 16 heavy (non-hydrogen) atoms. The summed E-state index contributed by atoms with van der Waals surface area (Å²) in [5.74, 6) is -0.941. The molecule has 5 nitrogen and oxygen atoms in total. The minimum atomic E-state index is -3.04. The molecule has 0 radical (unpaired) electrons. The highest BCUT2D eigenvalue weighted by atomic mass is 32.2. The van der Waals surface area contributed by atoms with Crippen LogP contribution in [0.5, 0.6) is 0 Å². The Morgan fingerprint density at radius 1 is 1.38 bits per heavy atom. The van der Waals surface area contributed by atoms with Gasteiger partial charge in [-0.3, -0.25) is 4.79 Å². The zero-order valence-electron chi connectivity index (χ0n) is 9.11. The van der Waals surface area contributed by atoms with E-state index in [4.69, 9.17) is 0 Å². The van der Waals surface area contributed by atoms with Gasteiger partial charge in [-0.2, -0.15) is 0 Å². The van der Waals surface area contributed by atoms with E-state index in [0.29, 0.717) is 25.8 Å². The first-order valence-electron chi connectivity index (χ1n) is 5.65. The fourth-order valence-electron chi connectivity index (χ4n) is 2.88. The molecule has 0 amide bonds. The first kappa shape index (κ1) is 11.9. The first-order chi connectivity index (χ1) is 7.46. The Morgan fingerprint density at radius 3 is 2.62 bits per heavy atom. The van der Waals surface area contributed by atoms with Gasteiger partial charge in [0, 0.05) is 5.92 Å². The normalized spacial score (nSPS) is 38.4. The van der Waals surface area contributed by atoms with E-state index in [0.717, 1.165) is 6.42 Å². The summed E-state index contributed by atoms with van der Waals surface area (Å²) >= 11 is 0. The smallest absolute Gasteiger partial charge is 0.324 e. The third kappa shape index (κ3) is 1.96. The molecule has 0 aliphatic carbocycles. The molecule has 2 atom stereocenters. The number of hydrogen-bond acceptors (Lipinski definition) is 4. The minimum absolute atomic E-state index is 0.0201. The SMILES string of the molecule is O=C(O)C1(C2CCCS(=O)(=O)C2)CCCN1. The van der Waals surface area contributed by atoms with Gasteiger partial charge in [-0.15, -0.1) is 0 Å². The fraction of sp³-hybridized carbons (Fsp3) is 0.900. The zero-order chi connectivity index (χ0) is 11.8. The fourth-order valence-corrected chi connectivity index (χ4v) is 4.72. The third-order valence-electron chi connectivity index (χ3n) is 3.73. The van der Waals surface area contributed by atoms with Crippen LogP contribution in [0.2, 0.25) is 0 Å². The Hall–Kier alpha value is -0.620. The van der Waals surface area contributed by atoms with Crippen molar-refractivity contribution in [2.45, 2.75) is 31.2 Å². The topological polar surface area (TPSA) is 83.5 Å². The highest BCUT2D eigenvalue weighted by molar-refractivity contribution is 7.91. The zero-order valence-corrected chi connectivity index (χ0v) is 9.92. The summed E-state index contributed by atoms with van der Waals surface area (Å²) in [5, 5.41) is 12.3. The summed E-state index contributed by atoms with van der Waals surface area (Å²) < 4.78 is 23.1. The van der Waals surface area contributed by atoms with Crippen LogP contribution < -0.4 is 5.32 Å². The van der Waals surface area contributed by atoms with Crippen molar-refractivity contribution < 1.29 is 18.3 Å². The van der Waals surface area contributed by atoms with Crippen LogP contribution >= 0.6 is 0 Å². The van der Waals surface area contributed by atoms with Gasteiger partial charge in [-0.25, -0.2) is 8.42 Å². The molecule has 2 saturated heterocycles. The minimum Gasteiger partial charge on any atom is -0.480 e. The average Bonchev–Trinajstić information content (AvgIpc) is 2.65. The summed E-state index contributed by atoms with van der Waals surface area (Å²) in [6.45, 7) is 0.669. The van der Waals surface area contributed by atoms with Gasteiger partial charge < -0.3 is 10.4 Å². The van der Waals surface area contributed by atoms with Crippen LogP contribution in [0, 0.1) is 5.92 Å². The Kier molecular flexibility index (Phi) is 2.96. The van der Waals surface area contributed by atoms with E-state index in [-0.39, 0.29) is 17.4 Å². The molecule has 2 fully saturated rings. The van der Waals surface area contributed by atoms with Crippen LogP contribution in [-0.2, 0) is 14.6 Å². The van der Waals surface area contributed by atoms with Crippen LogP contribution in [0.4, 0.5) is 0 Å². The molecule has 2 aliphatic rings. The molecule has 92 valence electrons. The first-order valence-corrected chi connectivity index (χ1v) is 7.47. The Balaban J connectivity index is 2.24. The van der Waals surface area contributed by atoms with Gasteiger partial charge in [0.2, 0.25) is 0 Å². The molecule has 2 rings (SSSR count). The van der Waals surface area contributed by atoms with Crippen LogP contribution in [0.25, 0.3) is 0 Å². The second-order valence-electron chi connectivity index (χ2n) is 4.76. The van der Waals surface area contributed by atoms with Crippen LogP contribution in [0.15, 0.2) is 0 Å². The number of sulfone groups is 1. The summed E-state index contributed by atoms with van der Waals surface area (Å²) in [6.07, 6.45) is 2.63. The molecule has 0 aromatic rings. The van der Waals surface area contributed by atoms with Crippen molar-refractivity contribution in [2.24, 2.45) is 5.92 Å². The van der Waals surface area contributed by atoms with E-state index >= 15 is 0 Å². The average molecular weight is 247 g/mol. The lowest BCUT2D eigenvalue weighted by molar-refractivity contribution is -0.146. The molecule has 0 aromatic carbocycles. The van der Waals surface area contributed by atoms with Gasteiger partial charge >= 0.3 is 5.97 Å². The molecule has 2 N–H and O–H groups in total. The number of aliphatic carboxylic acids is 1. The Labute approximate surface area is 95.1 Å². The van der Waals surface area contributed by atoms with Crippen molar-refractivity contribution in [2.75, 3.05) is 18.1 Å². The van der Waals surface area contributed by atoms with Crippen molar-refractivity contribution >= 4 is 15.8 Å². The molecule has 0 aromatic heterocycles. The van der Waals surface area contributed by atoms with Crippen LogP contribution in [0.3, 0.4) is 0 Å². The molecular formula is C10H17NO4S. The summed E-state index contributed by atoms with van der Waals surface area (Å²) in [4.78, 5) is 11.4. The molecule has 0 spiro atoms. The van der Waals surface area contributed by atoms with Gasteiger partial charge in [0.15, 0.2) is 9.84 Å². The number of carbonyl (C=O) groups is 1. The highest BCUT2D eigenvalue weighted by Gasteiger charge is 2.49. The van der Waals surface area contributed by atoms with E-state index in [1.807, 2.05) is 0 Å². The monoisotopic (exact) mass is 247 g/mol. The van der Waals surface area contributed by atoms with Crippen LogP contribution in [0.1, 0.15) is 25.7 Å². The predicted octanol–water partition coefficient (Wildman–Crippen LogP) is 0.0180. The molecule has 6 heteroatoms. The maximum atomic E-state index is 11.6. The quantitative estimate of drug-likeness (QED) is 0.718. The Bertz CT molecular complexity index is 384. The largest absolute Gasteiger partial charge is 0.480 e. The van der Waals surface area contributed by atoms with Crippen molar-refractivity contribution in [1.82, 2.24) is 5.32 Å². The van der Waals surface area contributed by atoms with E-state index < -0.39 is 21.3 Å². The van der Waals surface area contributed by atoms with Crippen molar-refractivity contribution in [1.29, 1.82) is 0 Å². The standard InChI is InChI=1S/C10H17NO4S/c12-9(13)10(4-2-5-11-10)8-3-1-6-16(14,15)7-8/h8,11H,1-7H2,(H,12,13). The number of carboxylic acid groups (broad SMARTS) is 1.